The van der Waals surface area contributed by atoms with Gasteiger partial charge in [-0.15, -0.1) is 0 Å². The molecule has 1 N–H and O–H groups in total. The number of hydrogen-bond acceptors (Lipinski definition) is 2. The van der Waals surface area contributed by atoms with Crippen molar-refractivity contribution in [3.8, 4) is 0 Å². The number of halogens is 2. The molecule has 0 fully saturated rings. The van der Waals surface area contributed by atoms with Crippen LogP contribution in [0.5, 0.6) is 0 Å². The van der Waals surface area contributed by atoms with Crippen molar-refractivity contribution in [3.63, 3.8) is 0 Å². The van der Waals surface area contributed by atoms with Gasteiger partial charge in [0.1, 0.15) is 0 Å². The molecule has 3 nitrogen and oxygen atoms in total. The van der Waals surface area contributed by atoms with Crippen LogP contribution in [-0.2, 0) is 15.6 Å². The molecule has 0 aliphatic carbocycles. The fraction of sp³-hybridized carbons (Fsp3) is 0.750. The predicted octanol–water partition coefficient (Wildman–Crippen LogP) is 0.869. The summed E-state index contributed by atoms with van der Waals surface area (Å²) in [5.41, 5.74) is 0. The Morgan fingerprint density at radius 1 is 1.50 bits per heavy atom. The molecule has 0 saturated carbocycles. The summed E-state index contributed by atoms with van der Waals surface area (Å²) in [5, 5.41) is 7.73. The molecule has 10 heavy (non-hydrogen) atoms. The molecule has 0 radical (unpaired) electrons. The topological polar surface area (TPSA) is 54.4 Å². The molecule has 0 spiro atoms. The van der Waals surface area contributed by atoms with Crippen molar-refractivity contribution in [3.05, 3.63) is 0 Å². The summed E-state index contributed by atoms with van der Waals surface area (Å²) in [6, 6.07) is 0. The minimum atomic E-state index is -1.29. The maximum absolute atomic E-state index is 9.56. The zero-order valence-corrected chi connectivity index (χ0v) is 7.83. The molecule has 0 aromatic heterocycles. The third-order valence-corrected chi connectivity index (χ3v) is 0.560. The van der Waals surface area contributed by atoms with Crippen molar-refractivity contribution >= 4 is 40.0 Å². The van der Waals surface area contributed by atoms with E-state index in [0.717, 1.165) is 0 Å². The summed E-state index contributed by atoms with van der Waals surface area (Å²) >= 11 is 9.56. The fourth-order valence-electron chi connectivity index (χ4n) is 0. The van der Waals surface area contributed by atoms with Crippen LogP contribution in [0.15, 0.2) is 0 Å². The second kappa shape index (κ2) is 7.31. The number of carboxylic acid groups (broad SMARTS) is 1. The van der Waals surface area contributed by atoms with Gasteiger partial charge >= 0.3 is 5.97 Å². The molecule has 0 aliphatic heterocycles. The standard InChI is InChI=1S/C2H2Cl2O2.C2H6OS/c3-1(4)2(5)6;1-4(2)3/h1H,(H,5,6);1-2H3. The Balaban J connectivity index is 0. The van der Waals surface area contributed by atoms with Gasteiger partial charge in [0.05, 0.1) is 0 Å². The summed E-state index contributed by atoms with van der Waals surface area (Å²) in [6.07, 6.45) is 3.28. The zero-order chi connectivity index (χ0) is 8.73. The average Bonchev–Trinajstić information content (AvgIpc) is 1.63. The Bertz CT molecular complexity index is 122. The summed E-state index contributed by atoms with van der Waals surface area (Å²) in [7, 11) is -0.611. The van der Waals surface area contributed by atoms with Crippen LogP contribution in [0.25, 0.3) is 0 Å². The lowest BCUT2D eigenvalue weighted by Gasteiger charge is -1.84. The molecule has 0 bridgehead atoms. The van der Waals surface area contributed by atoms with Gasteiger partial charge in [-0.3, -0.25) is 4.21 Å². The van der Waals surface area contributed by atoms with E-state index < -0.39 is 21.6 Å². The van der Waals surface area contributed by atoms with Gasteiger partial charge in [0.15, 0.2) is 0 Å². The Hall–Kier alpha value is 0.200. The van der Waals surface area contributed by atoms with Crippen molar-refractivity contribution in [1.29, 1.82) is 0 Å². The van der Waals surface area contributed by atoms with Gasteiger partial charge in [-0.25, -0.2) is 4.79 Å². The van der Waals surface area contributed by atoms with E-state index in [1.807, 2.05) is 0 Å². The van der Waals surface area contributed by atoms with Crippen LogP contribution in [0.2, 0.25) is 0 Å². The molecular weight excluding hydrogens is 199 g/mol. The maximum Gasteiger partial charge on any atom is 0.337 e. The predicted molar refractivity (Wildman–Crippen MR) is 43.1 cm³/mol. The molecular formula is C4H8Cl2O3S. The first kappa shape index (κ1) is 12.8. The lowest BCUT2D eigenvalue weighted by molar-refractivity contribution is -0.135. The Morgan fingerprint density at radius 3 is 1.60 bits per heavy atom. The zero-order valence-electron chi connectivity index (χ0n) is 5.51. The van der Waals surface area contributed by atoms with E-state index in [1.165, 1.54) is 0 Å². The van der Waals surface area contributed by atoms with Gasteiger partial charge in [-0.2, -0.15) is 0 Å². The number of carboxylic acids is 1. The van der Waals surface area contributed by atoms with Crippen LogP contribution in [0, 0.1) is 0 Å². The van der Waals surface area contributed by atoms with E-state index in [-0.39, 0.29) is 0 Å². The van der Waals surface area contributed by atoms with Crippen LogP contribution in [0.3, 0.4) is 0 Å². The van der Waals surface area contributed by atoms with E-state index in [2.05, 4.69) is 0 Å². The van der Waals surface area contributed by atoms with Crippen molar-refractivity contribution < 1.29 is 14.1 Å². The minimum absolute atomic E-state index is 0.611. The van der Waals surface area contributed by atoms with E-state index in [0.29, 0.717) is 0 Å². The highest BCUT2D eigenvalue weighted by Gasteiger charge is 2.05. The molecule has 0 aliphatic rings. The van der Waals surface area contributed by atoms with Crippen molar-refractivity contribution in [2.45, 2.75) is 4.84 Å². The van der Waals surface area contributed by atoms with Crippen LogP contribution in [0.4, 0.5) is 0 Å². The van der Waals surface area contributed by atoms with Crippen molar-refractivity contribution in [1.82, 2.24) is 0 Å². The van der Waals surface area contributed by atoms with Crippen molar-refractivity contribution in [2.24, 2.45) is 0 Å². The SMILES string of the molecule is CS(C)=O.O=C(O)C(Cl)Cl. The van der Waals surface area contributed by atoms with Gasteiger partial charge in [0.2, 0.25) is 4.84 Å². The number of hydrogen-bond donors (Lipinski definition) is 1. The summed E-state index contributed by atoms with van der Waals surface area (Å²) in [6.45, 7) is 0. The lowest BCUT2D eigenvalue weighted by atomic mass is 10.8. The molecule has 62 valence electrons. The molecule has 0 saturated heterocycles. The Kier molecular flexibility index (Phi) is 9.38. The third-order valence-electron chi connectivity index (χ3n) is 0.187. The molecule has 0 rings (SSSR count). The van der Waals surface area contributed by atoms with Gasteiger partial charge < -0.3 is 5.11 Å². The van der Waals surface area contributed by atoms with Gasteiger partial charge in [-0.1, -0.05) is 23.2 Å². The summed E-state index contributed by atoms with van der Waals surface area (Å²) in [5.74, 6) is -1.21. The van der Waals surface area contributed by atoms with Gasteiger partial charge in [-0.05, 0) is 0 Å². The number of alkyl halides is 2. The molecule has 0 unspecified atom stereocenters. The summed E-state index contributed by atoms with van der Waals surface area (Å²) in [4.78, 5) is 8.15. The Labute approximate surface area is 71.8 Å². The summed E-state index contributed by atoms with van der Waals surface area (Å²) < 4.78 is 9.56. The third kappa shape index (κ3) is 24.1. The van der Waals surface area contributed by atoms with E-state index >= 15 is 0 Å². The minimum Gasteiger partial charge on any atom is -0.479 e. The molecule has 0 heterocycles. The first-order chi connectivity index (χ1) is 4.37. The van der Waals surface area contributed by atoms with Crippen molar-refractivity contribution in [2.75, 3.05) is 12.5 Å². The highest BCUT2D eigenvalue weighted by atomic mass is 35.5. The van der Waals surface area contributed by atoms with Gasteiger partial charge in [0, 0.05) is 23.3 Å². The number of rotatable bonds is 1. The van der Waals surface area contributed by atoms with E-state index in [1.54, 1.807) is 12.5 Å². The Morgan fingerprint density at radius 2 is 1.60 bits per heavy atom. The highest BCUT2D eigenvalue weighted by Crippen LogP contribution is 1.98. The fourth-order valence-corrected chi connectivity index (χ4v) is 0. The molecule has 0 aromatic rings. The molecule has 0 aromatic carbocycles. The second-order valence-electron chi connectivity index (χ2n) is 1.38. The average molecular weight is 207 g/mol. The molecule has 0 atom stereocenters. The van der Waals surface area contributed by atoms with Crippen LogP contribution in [-0.4, -0.2) is 32.6 Å². The highest BCUT2D eigenvalue weighted by molar-refractivity contribution is 7.83. The van der Waals surface area contributed by atoms with Gasteiger partial charge in [0.25, 0.3) is 0 Å². The van der Waals surface area contributed by atoms with Crippen LogP contribution in [0.1, 0.15) is 0 Å². The molecule has 0 amide bonds. The molecule has 6 heteroatoms. The lowest BCUT2D eigenvalue weighted by Crippen LogP contribution is -2.03. The largest absolute Gasteiger partial charge is 0.479 e. The normalized spacial score (nSPS) is 9.00. The van der Waals surface area contributed by atoms with Crippen LogP contribution >= 0.6 is 23.2 Å². The number of carbonyl (C=O) groups is 1. The quantitative estimate of drug-likeness (QED) is 0.649. The smallest absolute Gasteiger partial charge is 0.337 e. The monoisotopic (exact) mass is 206 g/mol. The van der Waals surface area contributed by atoms with E-state index in [9.17, 15) is 9.00 Å². The van der Waals surface area contributed by atoms with Crippen LogP contribution < -0.4 is 0 Å². The van der Waals surface area contributed by atoms with E-state index in [4.69, 9.17) is 28.3 Å². The maximum atomic E-state index is 9.56. The second-order valence-corrected chi connectivity index (χ2v) is 3.96. The number of aliphatic carboxylic acids is 1. The first-order valence-corrected chi connectivity index (χ1v) is 4.98. The first-order valence-electron chi connectivity index (χ1n) is 2.14.